The van der Waals surface area contributed by atoms with Crippen molar-refractivity contribution in [3.63, 3.8) is 0 Å². The fourth-order valence-electron chi connectivity index (χ4n) is 2.24. The van der Waals surface area contributed by atoms with Gasteiger partial charge in [-0.3, -0.25) is 10.0 Å². The van der Waals surface area contributed by atoms with Crippen LogP contribution in [0.4, 0.5) is 0 Å². The van der Waals surface area contributed by atoms with Gasteiger partial charge in [-0.2, -0.15) is 0 Å². The number of carbonyl (C=O) groups is 1. The monoisotopic (exact) mass is 299 g/mol. The number of hydrogen-bond donors (Lipinski definition) is 2. The van der Waals surface area contributed by atoms with Gasteiger partial charge in [0.15, 0.2) is 0 Å². The topological polar surface area (TPSA) is 58.6 Å². The molecule has 0 saturated heterocycles. The Labute approximate surface area is 130 Å². The van der Waals surface area contributed by atoms with Crippen LogP contribution in [0.2, 0.25) is 0 Å². The SMILES string of the molecule is Cc1ccc(C(OCCCC(=O)NO)c2ccccc2)cc1. The quantitative estimate of drug-likeness (QED) is 0.468. The number of hydroxylamine groups is 1. The molecule has 0 radical (unpaired) electrons. The molecule has 0 spiro atoms. The van der Waals surface area contributed by atoms with Crippen molar-refractivity contribution >= 4 is 5.91 Å². The first-order chi connectivity index (χ1) is 10.7. The highest BCUT2D eigenvalue weighted by Crippen LogP contribution is 2.26. The molecule has 0 aromatic heterocycles. The molecule has 4 heteroatoms. The highest BCUT2D eigenvalue weighted by Gasteiger charge is 2.14. The van der Waals surface area contributed by atoms with Gasteiger partial charge in [0, 0.05) is 13.0 Å². The van der Waals surface area contributed by atoms with Gasteiger partial charge < -0.3 is 4.74 Å². The average molecular weight is 299 g/mol. The summed E-state index contributed by atoms with van der Waals surface area (Å²) in [6.45, 7) is 2.50. The van der Waals surface area contributed by atoms with Crippen molar-refractivity contribution in [2.45, 2.75) is 25.9 Å². The number of benzene rings is 2. The Balaban J connectivity index is 2.06. The normalized spacial score (nSPS) is 11.9. The molecule has 1 amide bonds. The third-order valence-corrected chi connectivity index (χ3v) is 3.44. The lowest BCUT2D eigenvalue weighted by molar-refractivity contribution is -0.129. The van der Waals surface area contributed by atoms with E-state index < -0.39 is 5.91 Å². The average Bonchev–Trinajstić information content (AvgIpc) is 2.56. The van der Waals surface area contributed by atoms with E-state index in [1.54, 1.807) is 5.48 Å². The van der Waals surface area contributed by atoms with Crippen molar-refractivity contribution in [1.29, 1.82) is 0 Å². The lowest BCUT2D eigenvalue weighted by Crippen LogP contribution is -2.19. The van der Waals surface area contributed by atoms with Gasteiger partial charge in [0.05, 0.1) is 0 Å². The van der Waals surface area contributed by atoms with E-state index in [-0.39, 0.29) is 12.5 Å². The van der Waals surface area contributed by atoms with Gasteiger partial charge in [-0.1, -0.05) is 60.2 Å². The highest BCUT2D eigenvalue weighted by atomic mass is 16.5. The molecule has 0 bridgehead atoms. The fourth-order valence-corrected chi connectivity index (χ4v) is 2.24. The standard InChI is InChI=1S/C18H21NO3/c1-14-9-11-16(12-10-14)18(15-6-3-2-4-7-15)22-13-5-8-17(20)19-21/h2-4,6-7,9-12,18,21H,5,8,13H2,1H3,(H,19,20). The van der Waals surface area contributed by atoms with Crippen LogP contribution < -0.4 is 5.48 Å². The van der Waals surface area contributed by atoms with Gasteiger partial charge in [0.25, 0.3) is 0 Å². The van der Waals surface area contributed by atoms with Crippen molar-refractivity contribution < 1.29 is 14.7 Å². The van der Waals surface area contributed by atoms with E-state index in [0.29, 0.717) is 13.0 Å². The minimum absolute atomic E-state index is 0.154. The lowest BCUT2D eigenvalue weighted by Gasteiger charge is -2.19. The Morgan fingerprint density at radius 1 is 1.09 bits per heavy atom. The van der Waals surface area contributed by atoms with Crippen molar-refractivity contribution in [1.82, 2.24) is 5.48 Å². The Kier molecular flexibility index (Phi) is 6.13. The van der Waals surface area contributed by atoms with Crippen LogP contribution in [0.3, 0.4) is 0 Å². The summed E-state index contributed by atoms with van der Waals surface area (Å²) in [5.74, 6) is -0.393. The summed E-state index contributed by atoms with van der Waals surface area (Å²) in [4.78, 5) is 11.0. The molecule has 2 N–H and O–H groups in total. The predicted molar refractivity (Wildman–Crippen MR) is 84.6 cm³/mol. The molecule has 0 aliphatic heterocycles. The van der Waals surface area contributed by atoms with Crippen LogP contribution in [0.1, 0.15) is 35.6 Å². The molecule has 0 heterocycles. The van der Waals surface area contributed by atoms with E-state index in [1.165, 1.54) is 5.56 Å². The summed E-state index contributed by atoms with van der Waals surface area (Å²) in [6, 6.07) is 18.3. The Morgan fingerprint density at radius 3 is 2.36 bits per heavy atom. The van der Waals surface area contributed by atoms with E-state index in [1.807, 2.05) is 30.3 Å². The summed E-state index contributed by atoms with van der Waals surface area (Å²) in [5, 5.41) is 8.48. The van der Waals surface area contributed by atoms with Crippen LogP contribution in [-0.4, -0.2) is 17.7 Å². The third kappa shape index (κ3) is 4.69. The predicted octanol–water partition coefficient (Wildman–Crippen LogP) is 3.39. The minimum Gasteiger partial charge on any atom is -0.369 e. The number of rotatable bonds is 7. The van der Waals surface area contributed by atoms with E-state index >= 15 is 0 Å². The summed E-state index contributed by atoms with van der Waals surface area (Å²) < 4.78 is 5.99. The first-order valence-corrected chi connectivity index (χ1v) is 7.37. The van der Waals surface area contributed by atoms with Crippen molar-refractivity contribution in [2.75, 3.05) is 6.61 Å². The summed E-state index contributed by atoms with van der Waals surface area (Å²) >= 11 is 0. The fraction of sp³-hybridized carbons (Fsp3) is 0.278. The molecule has 0 aliphatic carbocycles. The smallest absolute Gasteiger partial charge is 0.243 e. The van der Waals surface area contributed by atoms with Gasteiger partial charge >= 0.3 is 0 Å². The molecule has 2 aromatic rings. The van der Waals surface area contributed by atoms with Crippen LogP contribution in [0.25, 0.3) is 0 Å². The maximum atomic E-state index is 11.0. The zero-order chi connectivity index (χ0) is 15.8. The van der Waals surface area contributed by atoms with E-state index in [2.05, 4.69) is 31.2 Å². The molecular weight excluding hydrogens is 278 g/mol. The molecule has 1 unspecified atom stereocenters. The van der Waals surface area contributed by atoms with Crippen LogP contribution in [0.5, 0.6) is 0 Å². The second-order valence-electron chi connectivity index (χ2n) is 5.21. The number of ether oxygens (including phenoxy) is 1. The van der Waals surface area contributed by atoms with Gasteiger partial charge in [0.2, 0.25) is 5.91 Å². The Morgan fingerprint density at radius 2 is 1.73 bits per heavy atom. The Bertz CT molecular complexity index is 581. The zero-order valence-electron chi connectivity index (χ0n) is 12.7. The highest BCUT2D eigenvalue weighted by molar-refractivity contribution is 5.74. The van der Waals surface area contributed by atoms with Gasteiger partial charge in [-0.25, -0.2) is 5.48 Å². The van der Waals surface area contributed by atoms with Crippen LogP contribution >= 0.6 is 0 Å². The van der Waals surface area contributed by atoms with Crippen molar-refractivity contribution in [3.8, 4) is 0 Å². The molecule has 2 aromatic carbocycles. The number of aryl methyl sites for hydroxylation is 1. The van der Waals surface area contributed by atoms with Gasteiger partial charge in [-0.05, 0) is 24.5 Å². The first kappa shape index (κ1) is 16.2. The van der Waals surface area contributed by atoms with E-state index in [0.717, 1.165) is 11.1 Å². The van der Waals surface area contributed by atoms with Crippen molar-refractivity contribution in [3.05, 3.63) is 71.3 Å². The summed E-state index contributed by atoms with van der Waals surface area (Å²) in [6.07, 6.45) is 0.645. The number of nitrogens with one attached hydrogen (secondary N) is 1. The number of amides is 1. The zero-order valence-corrected chi connectivity index (χ0v) is 12.7. The summed E-state index contributed by atoms with van der Waals surface area (Å²) in [7, 11) is 0. The second kappa shape index (κ2) is 8.32. The molecule has 116 valence electrons. The molecule has 0 fully saturated rings. The van der Waals surface area contributed by atoms with Crippen LogP contribution in [-0.2, 0) is 9.53 Å². The number of carbonyl (C=O) groups excluding carboxylic acids is 1. The molecular formula is C18H21NO3. The van der Waals surface area contributed by atoms with E-state index in [4.69, 9.17) is 9.94 Å². The molecule has 0 saturated carbocycles. The molecule has 1 atom stereocenters. The first-order valence-electron chi connectivity index (χ1n) is 7.37. The maximum absolute atomic E-state index is 11.0. The summed E-state index contributed by atoms with van der Waals surface area (Å²) in [5.41, 5.74) is 5.00. The van der Waals surface area contributed by atoms with Gasteiger partial charge in [0.1, 0.15) is 6.10 Å². The maximum Gasteiger partial charge on any atom is 0.243 e. The second-order valence-corrected chi connectivity index (χ2v) is 5.21. The molecule has 22 heavy (non-hydrogen) atoms. The van der Waals surface area contributed by atoms with Crippen molar-refractivity contribution in [2.24, 2.45) is 0 Å². The Hall–Kier alpha value is -2.17. The molecule has 2 rings (SSSR count). The molecule has 0 aliphatic rings. The largest absolute Gasteiger partial charge is 0.369 e. The van der Waals surface area contributed by atoms with Crippen LogP contribution in [0.15, 0.2) is 54.6 Å². The van der Waals surface area contributed by atoms with Gasteiger partial charge in [-0.15, -0.1) is 0 Å². The van der Waals surface area contributed by atoms with Crippen LogP contribution in [0, 0.1) is 6.92 Å². The van der Waals surface area contributed by atoms with E-state index in [9.17, 15) is 4.79 Å². The molecule has 4 nitrogen and oxygen atoms in total. The third-order valence-electron chi connectivity index (χ3n) is 3.44. The number of hydrogen-bond acceptors (Lipinski definition) is 3. The lowest BCUT2D eigenvalue weighted by atomic mass is 10.0. The minimum atomic E-state index is -0.393.